The number of hydrogen-bond donors (Lipinski definition) is 2. The van der Waals surface area contributed by atoms with Gasteiger partial charge in [0.25, 0.3) is 0 Å². The van der Waals surface area contributed by atoms with Crippen molar-refractivity contribution in [3.05, 3.63) is 0 Å². The van der Waals surface area contributed by atoms with Gasteiger partial charge in [-0.2, -0.15) is 0 Å². The molecule has 0 aliphatic heterocycles. The molecule has 0 unspecified atom stereocenters. The molecule has 0 saturated carbocycles. The Morgan fingerprint density at radius 2 is 2.00 bits per heavy atom. The van der Waals surface area contributed by atoms with Crippen molar-refractivity contribution < 1.29 is 9.53 Å². The van der Waals surface area contributed by atoms with E-state index in [1.54, 1.807) is 13.8 Å². The average molecular weight is 239 g/mol. The van der Waals surface area contributed by atoms with E-state index in [0.29, 0.717) is 6.54 Å². The number of carbonyl (C=O) groups excluding carboxylic acids is 1. The summed E-state index contributed by atoms with van der Waals surface area (Å²) in [6.07, 6.45) is 1.90. The van der Waals surface area contributed by atoms with Gasteiger partial charge in [-0.05, 0) is 33.6 Å². The van der Waals surface area contributed by atoms with Crippen molar-refractivity contribution in [1.29, 1.82) is 0 Å². The smallest absolute Gasteiger partial charge is 0.239 e. The molecular formula is C10H23ClN2O2. The Hall–Kier alpha value is -0.320. The monoisotopic (exact) mass is 238 g/mol. The molecule has 1 amide bonds. The number of nitrogens with two attached hydrogens (primary N) is 1. The summed E-state index contributed by atoms with van der Waals surface area (Å²) in [4.78, 5) is 11.3. The van der Waals surface area contributed by atoms with E-state index in [1.165, 1.54) is 0 Å². The maximum Gasteiger partial charge on any atom is 0.239 e. The van der Waals surface area contributed by atoms with Crippen molar-refractivity contribution >= 4 is 18.3 Å². The van der Waals surface area contributed by atoms with Crippen molar-refractivity contribution in [3.63, 3.8) is 0 Å². The maximum atomic E-state index is 11.3. The van der Waals surface area contributed by atoms with E-state index >= 15 is 0 Å². The predicted octanol–water partition coefficient (Wildman–Crippen LogP) is 1.08. The third kappa shape index (κ3) is 9.97. The summed E-state index contributed by atoms with van der Waals surface area (Å²) in [5, 5.41) is 2.78. The molecule has 0 atom stereocenters. The van der Waals surface area contributed by atoms with Gasteiger partial charge in [-0.15, -0.1) is 12.4 Å². The molecule has 0 aliphatic carbocycles. The Morgan fingerprint density at radius 3 is 2.47 bits per heavy atom. The first-order valence-electron chi connectivity index (χ1n) is 5.13. The minimum absolute atomic E-state index is 0. The Morgan fingerprint density at radius 1 is 1.40 bits per heavy atom. The molecule has 0 bridgehead atoms. The largest absolute Gasteiger partial charge is 0.382 e. The van der Waals surface area contributed by atoms with E-state index in [9.17, 15) is 4.79 Å². The number of carbonyl (C=O) groups is 1. The number of unbranched alkanes of at least 4 members (excludes halogenated alkanes) is 1. The van der Waals surface area contributed by atoms with Crippen LogP contribution in [0.3, 0.4) is 0 Å². The molecule has 0 fully saturated rings. The number of nitrogens with one attached hydrogen (secondary N) is 1. The van der Waals surface area contributed by atoms with Crippen LogP contribution in [0.4, 0.5) is 0 Å². The van der Waals surface area contributed by atoms with Crippen LogP contribution in [0.1, 0.15) is 33.6 Å². The summed E-state index contributed by atoms with van der Waals surface area (Å²) < 4.78 is 5.17. The fraction of sp³-hybridized carbons (Fsp3) is 0.900. The van der Waals surface area contributed by atoms with Crippen LogP contribution >= 0.6 is 12.4 Å². The van der Waals surface area contributed by atoms with Gasteiger partial charge in [-0.3, -0.25) is 4.79 Å². The van der Waals surface area contributed by atoms with Gasteiger partial charge in [0.2, 0.25) is 5.91 Å². The van der Waals surface area contributed by atoms with Gasteiger partial charge >= 0.3 is 0 Å². The molecular weight excluding hydrogens is 216 g/mol. The van der Waals surface area contributed by atoms with Crippen LogP contribution in [-0.2, 0) is 9.53 Å². The highest BCUT2D eigenvalue weighted by Gasteiger charge is 2.20. The summed E-state index contributed by atoms with van der Waals surface area (Å²) >= 11 is 0. The average Bonchev–Trinajstić information content (AvgIpc) is 2.09. The van der Waals surface area contributed by atoms with Gasteiger partial charge in [0.05, 0.1) is 5.54 Å². The highest BCUT2D eigenvalue weighted by atomic mass is 35.5. The second-order valence-electron chi connectivity index (χ2n) is 3.88. The molecule has 0 rings (SSSR count). The minimum Gasteiger partial charge on any atom is -0.382 e. The number of rotatable bonds is 7. The van der Waals surface area contributed by atoms with Gasteiger partial charge in [0.15, 0.2) is 0 Å². The lowest BCUT2D eigenvalue weighted by atomic mass is 10.1. The van der Waals surface area contributed by atoms with Crippen molar-refractivity contribution in [1.82, 2.24) is 5.32 Å². The lowest BCUT2D eigenvalue weighted by Crippen LogP contribution is -2.49. The Bertz CT molecular complexity index is 169. The fourth-order valence-electron chi connectivity index (χ4n) is 0.903. The molecule has 4 nitrogen and oxygen atoms in total. The minimum atomic E-state index is -0.778. The molecule has 0 heterocycles. The Balaban J connectivity index is 0. The van der Waals surface area contributed by atoms with Crippen molar-refractivity contribution in [3.8, 4) is 0 Å². The molecule has 3 N–H and O–H groups in total. The number of ether oxygens (including phenoxy) is 1. The highest BCUT2D eigenvalue weighted by molar-refractivity contribution is 5.85. The van der Waals surface area contributed by atoms with Crippen LogP contribution in [0.2, 0.25) is 0 Å². The van der Waals surface area contributed by atoms with Crippen LogP contribution in [0.15, 0.2) is 0 Å². The van der Waals surface area contributed by atoms with Gasteiger partial charge < -0.3 is 15.8 Å². The Kier molecular flexibility index (Phi) is 10.2. The standard InChI is InChI=1S/C10H22N2O2.ClH/c1-4-14-8-6-5-7-12-9(13)10(2,3)11;/h4-8,11H2,1-3H3,(H,12,13);1H. The van der Waals surface area contributed by atoms with Crippen LogP contribution in [0.25, 0.3) is 0 Å². The zero-order chi connectivity index (χ0) is 11.0. The van der Waals surface area contributed by atoms with E-state index in [4.69, 9.17) is 10.5 Å². The second-order valence-corrected chi connectivity index (χ2v) is 3.88. The van der Waals surface area contributed by atoms with Crippen molar-refractivity contribution in [2.24, 2.45) is 5.73 Å². The number of hydrogen-bond acceptors (Lipinski definition) is 3. The third-order valence-electron chi connectivity index (χ3n) is 1.79. The first-order valence-corrected chi connectivity index (χ1v) is 5.13. The highest BCUT2D eigenvalue weighted by Crippen LogP contribution is 1.96. The quantitative estimate of drug-likeness (QED) is 0.653. The summed E-state index contributed by atoms with van der Waals surface area (Å²) in [6, 6.07) is 0. The van der Waals surface area contributed by atoms with E-state index in [-0.39, 0.29) is 18.3 Å². The molecule has 5 heteroatoms. The van der Waals surface area contributed by atoms with Gasteiger partial charge in [0.1, 0.15) is 0 Å². The van der Waals surface area contributed by atoms with Gasteiger partial charge in [-0.1, -0.05) is 0 Å². The van der Waals surface area contributed by atoms with E-state index < -0.39 is 5.54 Å². The second kappa shape index (κ2) is 8.95. The molecule has 0 aliphatic rings. The third-order valence-corrected chi connectivity index (χ3v) is 1.79. The number of halogens is 1. The molecule has 0 radical (unpaired) electrons. The van der Waals surface area contributed by atoms with Gasteiger partial charge in [-0.25, -0.2) is 0 Å². The van der Waals surface area contributed by atoms with Crippen LogP contribution in [0, 0.1) is 0 Å². The van der Waals surface area contributed by atoms with Crippen LogP contribution < -0.4 is 11.1 Å². The lowest BCUT2D eigenvalue weighted by molar-refractivity contribution is -0.125. The molecule has 15 heavy (non-hydrogen) atoms. The SMILES string of the molecule is CCOCCCCNC(=O)C(C)(C)N.Cl. The van der Waals surface area contributed by atoms with Crippen LogP contribution in [0.5, 0.6) is 0 Å². The predicted molar refractivity (Wildman–Crippen MR) is 64.3 cm³/mol. The molecule has 0 saturated heterocycles. The molecule has 0 spiro atoms. The van der Waals surface area contributed by atoms with Crippen molar-refractivity contribution in [2.45, 2.75) is 39.2 Å². The van der Waals surface area contributed by atoms with Crippen LogP contribution in [-0.4, -0.2) is 31.2 Å². The first-order chi connectivity index (χ1) is 6.48. The topological polar surface area (TPSA) is 64.3 Å². The van der Waals surface area contributed by atoms with E-state index in [0.717, 1.165) is 26.1 Å². The summed E-state index contributed by atoms with van der Waals surface area (Å²) in [7, 11) is 0. The summed E-state index contributed by atoms with van der Waals surface area (Å²) in [5.74, 6) is -0.103. The Labute approximate surface area is 98.3 Å². The molecule has 0 aromatic carbocycles. The van der Waals surface area contributed by atoms with E-state index in [1.807, 2.05) is 6.92 Å². The maximum absolute atomic E-state index is 11.3. The molecule has 0 aromatic rings. The lowest BCUT2D eigenvalue weighted by Gasteiger charge is -2.17. The normalized spacial score (nSPS) is 10.7. The number of amides is 1. The zero-order valence-electron chi connectivity index (χ0n) is 9.84. The van der Waals surface area contributed by atoms with Crippen molar-refractivity contribution in [2.75, 3.05) is 19.8 Å². The zero-order valence-corrected chi connectivity index (χ0v) is 10.7. The first kappa shape index (κ1) is 17.1. The van der Waals surface area contributed by atoms with E-state index in [2.05, 4.69) is 5.32 Å². The summed E-state index contributed by atoms with van der Waals surface area (Å²) in [6.45, 7) is 7.55. The fourth-order valence-corrected chi connectivity index (χ4v) is 0.903. The molecule has 0 aromatic heterocycles. The molecule has 92 valence electrons. The van der Waals surface area contributed by atoms with Gasteiger partial charge in [0, 0.05) is 19.8 Å². The summed E-state index contributed by atoms with van der Waals surface area (Å²) in [5.41, 5.74) is 4.83.